The topological polar surface area (TPSA) is 103 Å². The van der Waals surface area contributed by atoms with Crippen molar-refractivity contribution in [1.82, 2.24) is 0 Å². The standard InChI is InChI=1S/C32H32N3O5P/c33-35-34-32-31(39-23-27-17-9-3-10-18-27)30(38-22-26-15-7-2-8-16-26)29(24-37-21-25-13-5-1-6-14-25)40-41(32,36)28-19-11-4-12-20-28/h1-20,29-32H,21-24H2/t29-,30-,31+,32+,41+/m1/s1. The Labute approximate surface area is 239 Å². The summed E-state index contributed by atoms with van der Waals surface area (Å²) in [5.41, 5.74) is 12.5. The summed E-state index contributed by atoms with van der Waals surface area (Å²) >= 11 is 0. The zero-order valence-electron chi connectivity index (χ0n) is 22.5. The van der Waals surface area contributed by atoms with E-state index in [2.05, 4.69) is 10.0 Å². The monoisotopic (exact) mass is 569 g/mol. The van der Waals surface area contributed by atoms with Gasteiger partial charge in [0.15, 0.2) is 0 Å². The molecule has 0 aromatic heterocycles. The molecule has 1 aliphatic rings. The first-order valence-corrected chi connectivity index (χ1v) is 15.2. The maximum absolute atomic E-state index is 14.8. The predicted octanol–water partition coefficient (Wildman–Crippen LogP) is 7.01. The van der Waals surface area contributed by atoms with E-state index in [0.717, 1.165) is 16.7 Å². The van der Waals surface area contributed by atoms with Gasteiger partial charge in [0.1, 0.15) is 24.1 Å². The molecular weight excluding hydrogens is 537 g/mol. The number of rotatable bonds is 12. The molecule has 5 rings (SSSR count). The van der Waals surface area contributed by atoms with Crippen LogP contribution in [0.2, 0.25) is 0 Å². The van der Waals surface area contributed by atoms with Crippen molar-refractivity contribution in [3.05, 3.63) is 148 Å². The van der Waals surface area contributed by atoms with E-state index in [1.54, 1.807) is 24.3 Å². The summed E-state index contributed by atoms with van der Waals surface area (Å²) in [6.07, 6.45) is -2.38. The van der Waals surface area contributed by atoms with Crippen LogP contribution in [-0.2, 0) is 43.1 Å². The number of nitrogens with zero attached hydrogens (tertiary/aromatic N) is 3. The molecule has 8 nitrogen and oxygen atoms in total. The van der Waals surface area contributed by atoms with E-state index in [1.165, 1.54) is 0 Å². The summed E-state index contributed by atoms with van der Waals surface area (Å²) in [6, 6.07) is 38.0. The Hall–Kier alpha value is -3.74. The van der Waals surface area contributed by atoms with Crippen molar-refractivity contribution in [2.24, 2.45) is 5.11 Å². The Bertz CT molecular complexity index is 1450. The van der Waals surface area contributed by atoms with Crippen LogP contribution in [0.15, 0.2) is 126 Å². The van der Waals surface area contributed by atoms with Crippen molar-refractivity contribution in [1.29, 1.82) is 0 Å². The summed E-state index contributed by atoms with van der Waals surface area (Å²) in [4.78, 5) is 3.07. The third kappa shape index (κ3) is 7.32. The molecule has 0 bridgehead atoms. The van der Waals surface area contributed by atoms with Gasteiger partial charge in [-0.25, -0.2) is 0 Å². The van der Waals surface area contributed by atoms with Crippen LogP contribution in [-0.4, -0.2) is 30.7 Å². The van der Waals surface area contributed by atoms with Crippen LogP contribution in [0.4, 0.5) is 0 Å². The van der Waals surface area contributed by atoms with Gasteiger partial charge in [0.25, 0.3) is 0 Å². The molecule has 1 aliphatic heterocycles. The van der Waals surface area contributed by atoms with E-state index in [0.29, 0.717) is 11.9 Å². The summed E-state index contributed by atoms with van der Waals surface area (Å²) in [5, 5.41) is 4.47. The second-order valence-corrected chi connectivity index (χ2v) is 12.2. The second kappa shape index (κ2) is 14.2. The zero-order chi connectivity index (χ0) is 28.3. The maximum Gasteiger partial charge on any atom is 0.244 e. The van der Waals surface area contributed by atoms with E-state index in [1.807, 2.05) is 97.1 Å². The predicted molar refractivity (Wildman–Crippen MR) is 158 cm³/mol. The lowest BCUT2D eigenvalue weighted by Crippen LogP contribution is -2.54. The highest BCUT2D eigenvalue weighted by Gasteiger charge is 2.54. The van der Waals surface area contributed by atoms with Gasteiger partial charge in [0.2, 0.25) is 7.37 Å². The van der Waals surface area contributed by atoms with Crippen LogP contribution in [0.1, 0.15) is 16.7 Å². The SMILES string of the molecule is [N-]=[N+]=N[C@@H]1[C@@H](OCc2ccccc2)[C@H](OCc2ccccc2)[C@@H](COCc2ccccc2)O[P@@]1(=O)c1ccccc1. The molecule has 4 aromatic rings. The lowest BCUT2D eigenvalue weighted by Gasteiger charge is -2.44. The summed E-state index contributed by atoms with van der Waals surface area (Å²) in [7, 11) is -3.78. The molecule has 9 heteroatoms. The Balaban J connectivity index is 1.49. The fourth-order valence-corrected chi connectivity index (χ4v) is 7.39. The van der Waals surface area contributed by atoms with E-state index in [9.17, 15) is 10.1 Å². The fraction of sp³-hybridized carbons (Fsp3) is 0.250. The number of ether oxygens (including phenoxy) is 3. The summed E-state index contributed by atoms with van der Waals surface area (Å²) in [5.74, 6) is -1.15. The van der Waals surface area contributed by atoms with Crippen LogP contribution in [0, 0.1) is 0 Å². The molecule has 5 atom stereocenters. The Morgan fingerprint density at radius 3 is 1.66 bits per heavy atom. The largest absolute Gasteiger partial charge is 0.374 e. The molecule has 210 valence electrons. The average molecular weight is 570 g/mol. The highest BCUT2D eigenvalue weighted by Crippen LogP contribution is 2.58. The molecule has 0 radical (unpaired) electrons. The van der Waals surface area contributed by atoms with Gasteiger partial charge < -0.3 is 18.7 Å². The highest BCUT2D eigenvalue weighted by molar-refractivity contribution is 7.67. The van der Waals surface area contributed by atoms with Gasteiger partial charge in [0, 0.05) is 10.2 Å². The molecule has 0 unspecified atom stereocenters. The first-order valence-electron chi connectivity index (χ1n) is 13.5. The smallest absolute Gasteiger partial charge is 0.244 e. The van der Waals surface area contributed by atoms with Gasteiger partial charge >= 0.3 is 0 Å². The van der Waals surface area contributed by atoms with Crippen molar-refractivity contribution in [3.8, 4) is 0 Å². The first-order chi connectivity index (χ1) is 20.2. The van der Waals surface area contributed by atoms with Crippen LogP contribution >= 0.6 is 7.37 Å². The van der Waals surface area contributed by atoms with Gasteiger partial charge in [-0.1, -0.05) is 114 Å². The molecule has 0 amide bonds. The minimum atomic E-state index is -3.78. The van der Waals surface area contributed by atoms with E-state index >= 15 is 0 Å². The molecule has 0 N–H and O–H groups in total. The first kappa shape index (κ1) is 28.8. The molecular formula is C32H32N3O5P. The third-order valence-electron chi connectivity index (χ3n) is 6.87. The summed E-state index contributed by atoms with van der Waals surface area (Å²) < 4.78 is 40.2. The van der Waals surface area contributed by atoms with Crippen molar-refractivity contribution >= 4 is 12.7 Å². The number of hydrogen-bond acceptors (Lipinski definition) is 6. The van der Waals surface area contributed by atoms with Crippen molar-refractivity contribution < 1.29 is 23.3 Å². The normalized spacial score (nSPS) is 23.9. The van der Waals surface area contributed by atoms with Gasteiger partial charge in [-0.15, -0.1) is 0 Å². The number of azide groups is 1. The van der Waals surface area contributed by atoms with Crippen LogP contribution in [0.5, 0.6) is 0 Å². The third-order valence-corrected chi connectivity index (χ3v) is 9.57. The minimum Gasteiger partial charge on any atom is -0.374 e. The molecule has 4 aromatic carbocycles. The van der Waals surface area contributed by atoms with Crippen molar-refractivity contribution in [2.45, 2.75) is 43.9 Å². The average Bonchev–Trinajstić information content (AvgIpc) is 3.03. The number of benzene rings is 4. The Kier molecular flexibility index (Phi) is 10.00. The minimum absolute atomic E-state index is 0.0966. The maximum atomic E-state index is 14.8. The molecule has 41 heavy (non-hydrogen) atoms. The second-order valence-electron chi connectivity index (χ2n) is 9.72. The number of hydrogen-bond donors (Lipinski definition) is 0. The molecule has 0 aliphatic carbocycles. The van der Waals surface area contributed by atoms with Gasteiger partial charge in [-0.2, -0.15) is 0 Å². The van der Waals surface area contributed by atoms with Crippen LogP contribution < -0.4 is 5.30 Å². The van der Waals surface area contributed by atoms with Crippen molar-refractivity contribution in [3.63, 3.8) is 0 Å². The van der Waals surface area contributed by atoms with Gasteiger partial charge in [-0.3, -0.25) is 4.57 Å². The Morgan fingerprint density at radius 2 is 1.15 bits per heavy atom. The zero-order valence-corrected chi connectivity index (χ0v) is 23.4. The van der Waals surface area contributed by atoms with Crippen molar-refractivity contribution in [2.75, 3.05) is 6.61 Å². The lowest BCUT2D eigenvalue weighted by molar-refractivity contribution is -0.152. The fourth-order valence-electron chi connectivity index (χ4n) is 4.84. The van der Waals surface area contributed by atoms with Crippen LogP contribution in [0.25, 0.3) is 10.4 Å². The quantitative estimate of drug-likeness (QED) is 0.0790. The van der Waals surface area contributed by atoms with Gasteiger partial charge in [0.05, 0.1) is 26.4 Å². The lowest BCUT2D eigenvalue weighted by atomic mass is 10.1. The van der Waals surface area contributed by atoms with E-state index in [-0.39, 0.29) is 19.8 Å². The molecule has 1 fully saturated rings. The van der Waals surface area contributed by atoms with E-state index in [4.69, 9.17) is 18.7 Å². The van der Waals surface area contributed by atoms with Crippen LogP contribution in [0.3, 0.4) is 0 Å². The molecule has 0 saturated carbocycles. The van der Waals surface area contributed by atoms with Gasteiger partial charge in [-0.05, 0) is 34.4 Å². The Morgan fingerprint density at radius 1 is 0.683 bits per heavy atom. The molecule has 0 spiro atoms. The van der Waals surface area contributed by atoms with E-state index < -0.39 is 31.5 Å². The molecule has 1 saturated heterocycles. The summed E-state index contributed by atoms with van der Waals surface area (Å²) in [6.45, 7) is 0.908. The molecule has 1 heterocycles. The highest BCUT2D eigenvalue weighted by atomic mass is 31.2.